The first-order valence-electron chi connectivity index (χ1n) is 7.98. The van der Waals surface area contributed by atoms with E-state index in [-0.39, 0.29) is 6.61 Å². The number of halogens is 1. The molecular weight excluding hydrogens is 336 g/mol. The van der Waals surface area contributed by atoms with Crippen LogP contribution in [0.2, 0.25) is 5.02 Å². The number of aliphatic hydroxyl groups excluding tert-OH is 1. The maximum atomic E-state index is 9.04. The van der Waals surface area contributed by atoms with Gasteiger partial charge in [-0.3, -0.25) is 0 Å². The van der Waals surface area contributed by atoms with E-state index in [1.54, 1.807) is 0 Å². The number of aliphatic hydroxyl groups is 1. The van der Waals surface area contributed by atoms with E-state index in [4.69, 9.17) is 16.7 Å². The number of aryl methyl sites for hydroxylation is 1. The molecule has 3 aromatic rings. The highest BCUT2D eigenvalue weighted by Crippen LogP contribution is 2.26. The van der Waals surface area contributed by atoms with Crippen molar-refractivity contribution in [1.29, 1.82) is 0 Å². The monoisotopic (exact) mass is 354 g/mol. The highest BCUT2D eigenvalue weighted by Gasteiger charge is 2.08. The van der Waals surface area contributed by atoms with Gasteiger partial charge in [-0.05, 0) is 24.6 Å². The Labute approximate surface area is 151 Å². The molecule has 3 N–H and O–H groups in total. The molecule has 1 heterocycles. The minimum absolute atomic E-state index is 0.00902. The summed E-state index contributed by atoms with van der Waals surface area (Å²) in [5.41, 5.74) is 3.73. The van der Waals surface area contributed by atoms with E-state index < -0.39 is 0 Å². The third-order valence-electron chi connectivity index (χ3n) is 3.65. The molecule has 0 aliphatic carbocycles. The summed E-state index contributed by atoms with van der Waals surface area (Å²) in [6.07, 6.45) is 0. The second-order valence-electron chi connectivity index (χ2n) is 5.56. The van der Waals surface area contributed by atoms with Crippen molar-refractivity contribution in [2.24, 2.45) is 0 Å². The third-order valence-corrected chi connectivity index (χ3v) is 3.89. The van der Waals surface area contributed by atoms with Crippen LogP contribution < -0.4 is 10.6 Å². The van der Waals surface area contributed by atoms with Crippen LogP contribution in [-0.2, 0) is 0 Å². The molecule has 0 saturated carbocycles. The van der Waals surface area contributed by atoms with E-state index in [2.05, 4.69) is 20.6 Å². The molecule has 0 fully saturated rings. The van der Waals surface area contributed by atoms with Gasteiger partial charge in [0.15, 0.2) is 0 Å². The minimum Gasteiger partial charge on any atom is -0.395 e. The van der Waals surface area contributed by atoms with E-state index in [9.17, 15) is 0 Å². The summed E-state index contributed by atoms with van der Waals surface area (Å²) in [7, 11) is 0. The molecule has 128 valence electrons. The number of anilines is 3. The molecule has 5 nitrogen and oxygen atoms in total. The Morgan fingerprint density at radius 3 is 2.60 bits per heavy atom. The lowest BCUT2D eigenvalue weighted by Gasteiger charge is -2.13. The number of rotatable bonds is 6. The van der Waals surface area contributed by atoms with E-state index in [0.29, 0.717) is 23.3 Å². The van der Waals surface area contributed by atoms with Gasteiger partial charge in [0.1, 0.15) is 5.82 Å². The molecule has 2 aromatic carbocycles. The smallest absolute Gasteiger partial charge is 0.225 e. The molecule has 0 atom stereocenters. The SMILES string of the molecule is Cc1ccc(Cl)cc1Nc1cc(-c2ccccc2)nc(NCCO)n1. The van der Waals surface area contributed by atoms with Gasteiger partial charge in [-0.25, -0.2) is 4.98 Å². The summed E-state index contributed by atoms with van der Waals surface area (Å²) in [5, 5.41) is 16.0. The molecule has 0 amide bonds. The third kappa shape index (κ3) is 4.47. The van der Waals surface area contributed by atoms with Crippen LogP contribution in [0.15, 0.2) is 54.6 Å². The first kappa shape index (κ1) is 17.2. The summed E-state index contributed by atoms with van der Waals surface area (Å²) in [6.45, 7) is 2.39. The Morgan fingerprint density at radius 2 is 1.84 bits per heavy atom. The molecule has 3 rings (SSSR count). The van der Waals surface area contributed by atoms with E-state index in [1.165, 1.54) is 0 Å². The molecule has 0 aliphatic heterocycles. The van der Waals surface area contributed by atoms with Crippen molar-refractivity contribution in [3.63, 3.8) is 0 Å². The average molecular weight is 355 g/mol. The van der Waals surface area contributed by atoms with Gasteiger partial charge >= 0.3 is 0 Å². The summed E-state index contributed by atoms with van der Waals surface area (Å²) in [5.74, 6) is 1.11. The van der Waals surface area contributed by atoms with Gasteiger partial charge in [-0.2, -0.15) is 4.98 Å². The fourth-order valence-corrected chi connectivity index (χ4v) is 2.55. The van der Waals surface area contributed by atoms with Crippen molar-refractivity contribution in [2.45, 2.75) is 6.92 Å². The van der Waals surface area contributed by atoms with E-state index in [1.807, 2.05) is 61.5 Å². The van der Waals surface area contributed by atoms with Crippen LogP contribution >= 0.6 is 11.6 Å². The summed E-state index contributed by atoms with van der Waals surface area (Å²) < 4.78 is 0. The fourth-order valence-electron chi connectivity index (χ4n) is 2.38. The zero-order chi connectivity index (χ0) is 17.6. The average Bonchev–Trinajstić information content (AvgIpc) is 2.63. The van der Waals surface area contributed by atoms with Gasteiger partial charge in [0.25, 0.3) is 0 Å². The zero-order valence-electron chi connectivity index (χ0n) is 13.8. The zero-order valence-corrected chi connectivity index (χ0v) is 14.6. The number of benzene rings is 2. The molecule has 0 radical (unpaired) electrons. The largest absolute Gasteiger partial charge is 0.395 e. The predicted octanol–water partition coefficient (Wildman–Crippen LogP) is 4.25. The van der Waals surface area contributed by atoms with Crippen LogP contribution in [-0.4, -0.2) is 28.2 Å². The van der Waals surface area contributed by atoms with Crippen molar-refractivity contribution in [2.75, 3.05) is 23.8 Å². The fraction of sp³-hybridized carbons (Fsp3) is 0.158. The summed E-state index contributed by atoms with van der Waals surface area (Å²) in [4.78, 5) is 9.00. The molecule has 0 bridgehead atoms. The standard InChI is InChI=1S/C19H19ClN4O/c1-13-7-8-15(20)11-16(13)22-18-12-17(14-5-3-2-4-6-14)23-19(24-18)21-9-10-25/h2-8,11-12,25H,9-10H2,1H3,(H2,21,22,23,24). The highest BCUT2D eigenvalue weighted by molar-refractivity contribution is 6.30. The first-order valence-corrected chi connectivity index (χ1v) is 8.36. The Morgan fingerprint density at radius 1 is 1.04 bits per heavy atom. The van der Waals surface area contributed by atoms with Crippen LogP contribution in [0.5, 0.6) is 0 Å². The van der Waals surface area contributed by atoms with Crippen LogP contribution in [0.3, 0.4) is 0 Å². The highest BCUT2D eigenvalue weighted by atomic mass is 35.5. The first-order chi connectivity index (χ1) is 12.2. The van der Waals surface area contributed by atoms with Crippen molar-refractivity contribution in [1.82, 2.24) is 9.97 Å². The van der Waals surface area contributed by atoms with Gasteiger partial charge in [-0.15, -0.1) is 0 Å². The number of nitrogens with one attached hydrogen (secondary N) is 2. The number of aromatic nitrogens is 2. The van der Waals surface area contributed by atoms with Gasteiger partial charge in [0, 0.05) is 28.9 Å². The Bertz CT molecular complexity index is 855. The number of nitrogens with zero attached hydrogens (tertiary/aromatic N) is 2. The quantitative estimate of drug-likeness (QED) is 0.617. The summed E-state index contributed by atoms with van der Waals surface area (Å²) >= 11 is 6.10. The maximum absolute atomic E-state index is 9.04. The Kier molecular flexibility index (Phi) is 5.48. The minimum atomic E-state index is 0.00902. The normalized spacial score (nSPS) is 10.5. The maximum Gasteiger partial charge on any atom is 0.225 e. The van der Waals surface area contributed by atoms with Gasteiger partial charge in [0.05, 0.1) is 12.3 Å². The lowest BCUT2D eigenvalue weighted by Crippen LogP contribution is -2.10. The molecule has 1 aromatic heterocycles. The number of hydrogen-bond acceptors (Lipinski definition) is 5. The van der Waals surface area contributed by atoms with Crippen LogP contribution in [0.4, 0.5) is 17.5 Å². The van der Waals surface area contributed by atoms with Crippen molar-refractivity contribution >= 4 is 29.1 Å². The van der Waals surface area contributed by atoms with Crippen molar-refractivity contribution < 1.29 is 5.11 Å². The van der Waals surface area contributed by atoms with Crippen LogP contribution in [0.1, 0.15) is 5.56 Å². The second kappa shape index (κ2) is 7.96. The lowest BCUT2D eigenvalue weighted by molar-refractivity contribution is 0.311. The van der Waals surface area contributed by atoms with Gasteiger partial charge in [0.2, 0.25) is 5.95 Å². The lowest BCUT2D eigenvalue weighted by atomic mass is 10.1. The molecule has 0 saturated heterocycles. The molecule has 0 spiro atoms. The Balaban J connectivity index is 1.98. The predicted molar refractivity (Wildman–Crippen MR) is 103 cm³/mol. The topological polar surface area (TPSA) is 70.1 Å². The summed E-state index contributed by atoms with van der Waals surface area (Å²) in [6, 6.07) is 17.4. The Hall–Kier alpha value is -2.63. The van der Waals surface area contributed by atoms with E-state index >= 15 is 0 Å². The van der Waals surface area contributed by atoms with E-state index in [0.717, 1.165) is 22.5 Å². The molecule has 0 aliphatic rings. The number of hydrogen-bond donors (Lipinski definition) is 3. The molecular formula is C19H19ClN4O. The van der Waals surface area contributed by atoms with Crippen LogP contribution in [0.25, 0.3) is 11.3 Å². The molecule has 6 heteroatoms. The molecule has 25 heavy (non-hydrogen) atoms. The second-order valence-corrected chi connectivity index (χ2v) is 6.00. The van der Waals surface area contributed by atoms with Gasteiger partial charge < -0.3 is 15.7 Å². The molecule has 0 unspecified atom stereocenters. The van der Waals surface area contributed by atoms with Crippen molar-refractivity contribution in [3.8, 4) is 11.3 Å². The van der Waals surface area contributed by atoms with Crippen molar-refractivity contribution in [3.05, 3.63) is 65.2 Å². The van der Waals surface area contributed by atoms with Gasteiger partial charge in [-0.1, -0.05) is 48.0 Å². The van der Waals surface area contributed by atoms with Crippen LogP contribution in [0, 0.1) is 6.92 Å².